The average molecular weight is 482 g/mol. The Bertz CT molecular complexity index is 1120. The SMILES string of the molecule is N#Cc1ccc(OC2CCC(NC(=O)CCSC3=Nc4ccccc4C(=O)C3)CC2)cc1Cl. The quantitative estimate of drug-likeness (QED) is 0.591. The monoisotopic (exact) mass is 481 g/mol. The Kier molecular flexibility index (Phi) is 7.69. The van der Waals surface area contributed by atoms with Gasteiger partial charge in [0.25, 0.3) is 0 Å². The normalized spacial score (nSPS) is 19.8. The molecule has 0 atom stereocenters. The van der Waals surface area contributed by atoms with Crippen molar-refractivity contribution in [2.24, 2.45) is 4.99 Å². The highest BCUT2D eigenvalue weighted by Crippen LogP contribution is 2.29. The topological polar surface area (TPSA) is 91.5 Å². The van der Waals surface area contributed by atoms with E-state index in [0.717, 1.165) is 30.7 Å². The number of nitrogens with one attached hydrogen (secondary N) is 1. The zero-order chi connectivity index (χ0) is 23.2. The number of nitrogens with zero attached hydrogens (tertiary/aromatic N) is 2. The largest absolute Gasteiger partial charge is 0.490 e. The van der Waals surface area contributed by atoms with Gasteiger partial charge in [-0.3, -0.25) is 9.59 Å². The molecule has 1 N–H and O–H groups in total. The van der Waals surface area contributed by atoms with Crippen LogP contribution in [0.15, 0.2) is 47.5 Å². The third-order valence-corrected chi connectivity index (χ3v) is 7.05. The molecule has 0 aromatic heterocycles. The summed E-state index contributed by atoms with van der Waals surface area (Å²) in [6.45, 7) is 0. The summed E-state index contributed by atoms with van der Waals surface area (Å²) in [5, 5.41) is 13.2. The number of hydrogen-bond donors (Lipinski definition) is 1. The zero-order valence-electron chi connectivity index (χ0n) is 18.1. The number of carbonyl (C=O) groups excluding carboxylic acids is 2. The van der Waals surface area contributed by atoms with Crippen molar-refractivity contribution in [3.8, 4) is 11.8 Å². The number of rotatable bonds is 6. The van der Waals surface area contributed by atoms with E-state index >= 15 is 0 Å². The Balaban J connectivity index is 1.17. The summed E-state index contributed by atoms with van der Waals surface area (Å²) in [5.74, 6) is 1.36. The maximum atomic E-state index is 12.4. The molecule has 1 heterocycles. The van der Waals surface area contributed by atoms with Crippen LogP contribution in [0.5, 0.6) is 5.75 Å². The molecular weight excluding hydrogens is 458 g/mol. The van der Waals surface area contributed by atoms with Crippen molar-refractivity contribution in [3.63, 3.8) is 0 Å². The molecule has 1 amide bonds. The lowest BCUT2D eigenvalue weighted by molar-refractivity contribution is -0.121. The molecule has 1 fully saturated rings. The van der Waals surface area contributed by atoms with Gasteiger partial charge in [-0.1, -0.05) is 23.7 Å². The molecule has 4 rings (SSSR count). The van der Waals surface area contributed by atoms with Crippen molar-refractivity contribution in [1.29, 1.82) is 5.26 Å². The van der Waals surface area contributed by atoms with Crippen LogP contribution in [0.1, 0.15) is 54.4 Å². The third-order valence-electron chi connectivity index (χ3n) is 5.76. The predicted molar refractivity (Wildman–Crippen MR) is 131 cm³/mol. The Morgan fingerprint density at radius 3 is 2.76 bits per heavy atom. The molecule has 1 aliphatic heterocycles. The van der Waals surface area contributed by atoms with Gasteiger partial charge in [0, 0.05) is 29.8 Å². The van der Waals surface area contributed by atoms with Crippen molar-refractivity contribution in [2.75, 3.05) is 5.75 Å². The van der Waals surface area contributed by atoms with Crippen LogP contribution < -0.4 is 10.1 Å². The highest BCUT2D eigenvalue weighted by Gasteiger charge is 2.24. The van der Waals surface area contributed by atoms with Crippen molar-refractivity contribution >= 4 is 45.8 Å². The van der Waals surface area contributed by atoms with E-state index in [1.165, 1.54) is 11.8 Å². The van der Waals surface area contributed by atoms with E-state index in [2.05, 4.69) is 10.3 Å². The molecule has 0 saturated heterocycles. The molecule has 0 radical (unpaired) electrons. The molecule has 2 aromatic rings. The van der Waals surface area contributed by atoms with Gasteiger partial charge in [-0.05, 0) is 49.9 Å². The molecule has 0 spiro atoms. The Morgan fingerprint density at radius 1 is 1.21 bits per heavy atom. The standard InChI is InChI=1S/C25H24ClN3O3S/c26-21-13-19(8-5-16(21)15-27)32-18-9-6-17(7-10-18)28-24(31)11-12-33-25-14-23(30)20-3-1-2-4-22(20)29-25/h1-5,8,13,17-18H,6-7,9-12,14H2,(H,28,31). The molecule has 33 heavy (non-hydrogen) atoms. The zero-order valence-corrected chi connectivity index (χ0v) is 19.6. The fourth-order valence-electron chi connectivity index (χ4n) is 4.04. The second kappa shape index (κ2) is 10.9. The fourth-order valence-corrected chi connectivity index (χ4v) is 5.17. The lowest BCUT2D eigenvalue weighted by atomic mass is 9.93. The minimum absolute atomic E-state index is 0.0221. The van der Waals surface area contributed by atoms with Gasteiger partial charge in [-0.25, -0.2) is 4.99 Å². The van der Waals surface area contributed by atoms with Gasteiger partial charge in [-0.2, -0.15) is 5.26 Å². The van der Waals surface area contributed by atoms with E-state index < -0.39 is 0 Å². The number of benzene rings is 2. The molecule has 1 saturated carbocycles. The first-order chi connectivity index (χ1) is 16.0. The van der Waals surface area contributed by atoms with Crippen molar-refractivity contribution in [3.05, 3.63) is 58.6 Å². The molecule has 6 nitrogen and oxygen atoms in total. The van der Waals surface area contributed by atoms with Crippen LogP contribution >= 0.6 is 23.4 Å². The number of fused-ring (bicyclic) bond motifs is 1. The molecule has 0 unspecified atom stereocenters. The molecule has 2 aliphatic rings. The summed E-state index contributed by atoms with van der Waals surface area (Å²) in [4.78, 5) is 29.2. The van der Waals surface area contributed by atoms with Crippen LogP contribution in [0.25, 0.3) is 0 Å². The number of amides is 1. The van der Waals surface area contributed by atoms with E-state index in [4.69, 9.17) is 21.6 Å². The number of Topliss-reactive ketones (excluding diaryl/α,β-unsaturated/α-hetero) is 1. The minimum Gasteiger partial charge on any atom is -0.490 e. The van der Waals surface area contributed by atoms with E-state index in [-0.39, 0.29) is 23.8 Å². The number of aliphatic imine (C=N–C) groups is 1. The summed E-state index contributed by atoms with van der Waals surface area (Å²) >= 11 is 7.55. The summed E-state index contributed by atoms with van der Waals surface area (Å²) in [6, 6.07) is 14.6. The van der Waals surface area contributed by atoms with Crippen LogP contribution in [0.4, 0.5) is 5.69 Å². The van der Waals surface area contributed by atoms with E-state index in [0.29, 0.717) is 46.2 Å². The van der Waals surface area contributed by atoms with Crippen molar-refractivity contribution in [2.45, 2.75) is 50.7 Å². The van der Waals surface area contributed by atoms with E-state index in [1.54, 1.807) is 24.3 Å². The third kappa shape index (κ3) is 6.16. The first-order valence-corrected chi connectivity index (χ1v) is 12.4. The first kappa shape index (κ1) is 23.3. The van der Waals surface area contributed by atoms with E-state index in [9.17, 15) is 9.59 Å². The lowest BCUT2D eigenvalue weighted by Crippen LogP contribution is -2.39. The van der Waals surface area contributed by atoms with Gasteiger partial charge in [0.15, 0.2) is 5.78 Å². The highest BCUT2D eigenvalue weighted by atomic mass is 35.5. The van der Waals surface area contributed by atoms with Gasteiger partial charge < -0.3 is 10.1 Å². The first-order valence-electron chi connectivity index (χ1n) is 11.0. The number of halogens is 1. The van der Waals surface area contributed by atoms with Gasteiger partial charge in [0.1, 0.15) is 11.8 Å². The van der Waals surface area contributed by atoms with Crippen LogP contribution in [0.3, 0.4) is 0 Å². The fraction of sp³-hybridized carbons (Fsp3) is 0.360. The van der Waals surface area contributed by atoms with Gasteiger partial charge in [0.05, 0.1) is 33.8 Å². The minimum atomic E-state index is 0.0221. The van der Waals surface area contributed by atoms with Gasteiger partial charge >= 0.3 is 0 Å². The summed E-state index contributed by atoms with van der Waals surface area (Å²) < 4.78 is 6.00. The lowest BCUT2D eigenvalue weighted by Gasteiger charge is -2.29. The van der Waals surface area contributed by atoms with Crippen molar-refractivity contribution in [1.82, 2.24) is 5.32 Å². The molecule has 8 heteroatoms. The number of ether oxygens (including phenoxy) is 1. The van der Waals surface area contributed by atoms with E-state index in [1.807, 2.05) is 24.3 Å². The Labute approximate surface area is 202 Å². The maximum absolute atomic E-state index is 12.4. The Hall–Kier alpha value is -2.82. The maximum Gasteiger partial charge on any atom is 0.221 e. The predicted octanol–water partition coefficient (Wildman–Crippen LogP) is 5.46. The Morgan fingerprint density at radius 2 is 2.00 bits per heavy atom. The second-order valence-corrected chi connectivity index (χ2v) is 9.71. The molecule has 1 aliphatic carbocycles. The van der Waals surface area contributed by atoms with Crippen LogP contribution in [0, 0.1) is 11.3 Å². The number of nitriles is 1. The van der Waals surface area contributed by atoms with Crippen LogP contribution in [-0.4, -0.2) is 34.6 Å². The molecule has 2 aromatic carbocycles. The van der Waals surface area contributed by atoms with Crippen LogP contribution in [-0.2, 0) is 4.79 Å². The number of ketones is 1. The van der Waals surface area contributed by atoms with Gasteiger partial charge in [-0.15, -0.1) is 11.8 Å². The van der Waals surface area contributed by atoms with Crippen LogP contribution in [0.2, 0.25) is 5.02 Å². The molecular formula is C25H24ClN3O3S. The number of hydrogen-bond acceptors (Lipinski definition) is 6. The molecule has 0 bridgehead atoms. The van der Waals surface area contributed by atoms with Crippen molar-refractivity contribution < 1.29 is 14.3 Å². The number of thioether (sulfide) groups is 1. The number of carbonyl (C=O) groups is 2. The smallest absolute Gasteiger partial charge is 0.221 e. The highest BCUT2D eigenvalue weighted by molar-refractivity contribution is 8.14. The summed E-state index contributed by atoms with van der Waals surface area (Å²) in [7, 11) is 0. The summed E-state index contributed by atoms with van der Waals surface area (Å²) in [6.07, 6.45) is 4.15. The number of para-hydroxylation sites is 1. The second-order valence-electron chi connectivity index (χ2n) is 8.13. The summed E-state index contributed by atoms with van der Waals surface area (Å²) in [5.41, 5.74) is 1.81. The van der Waals surface area contributed by atoms with Gasteiger partial charge in [0.2, 0.25) is 5.91 Å². The average Bonchev–Trinajstić information content (AvgIpc) is 2.81. The molecule has 170 valence electrons.